The molecule has 2 aromatic rings. The van der Waals surface area contributed by atoms with E-state index in [1.54, 1.807) is 0 Å². The van der Waals surface area contributed by atoms with Gasteiger partial charge in [0.05, 0.1) is 17.8 Å². The van der Waals surface area contributed by atoms with Crippen LogP contribution in [0.25, 0.3) is 10.9 Å². The van der Waals surface area contributed by atoms with Crippen LogP contribution in [0, 0.1) is 6.92 Å². The van der Waals surface area contributed by atoms with Crippen molar-refractivity contribution >= 4 is 16.8 Å². The molecule has 0 saturated carbocycles. The number of aromatic nitrogens is 1. The molecule has 3 heteroatoms. The summed E-state index contributed by atoms with van der Waals surface area (Å²) in [7, 11) is 0. The van der Waals surface area contributed by atoms with Gasteiger partial charge in [-0.25, -0.2) is 0 Å². The molecule has 0 unspecified atom stereocenters. The van der Waals surface area contributed by atoms with Crippen molar-refractivity contribution in [2.75, 3.05) is 0 Å². The van der Waals surface area contributed by atoms with E-state index in [0.717, 1.165) is 30.6 Å². The second-order valence-electron chi connectivity index (χ2n) is 5.53. The summed E-state index contributed by atoms with van der Waals surface area (Å²) in [6, 6.07) is 8.21. The fourth-order valence-corrected chi connectivity index (χ4v) is 2.91. The van der Waals surface area contributed by atoms with Crippen molar-refractivity contribution in [3.8, 4) is 0 Å². The van der Waals surface area contributed by atoms with Gasteiger partial charge in [-0.05, 0) is 30.5 Å². The van der Waals surface area contributed by atoms with E-state index in [1.807, 2.05) is 23.1 Å². The Morgan fingerprint density at radius 3 is 2.90 bits per heavy atom. The number of pyridine rings is 1. The van der Waals surface area contributed by atoms with Crippen molar-refractivity contribution in [1.29, 1.82) is 0 Å². The van der Waals surface area contributed by atoms with Crippen LogP contribution < -0.4 is 0 Å². The second-order valence-corrected chi connectivity index (χ2v) is 5.53. The second kappa shape index (κ2) is 5.23. The van der Waals surface area contributed by atoms with Crippen LogP contribution in [0.4, 0.5) is 0 Å². The number of carbonyl (C=O) groups excluding carboxylic acids is 1. The average Bonchev–Trinajstić information content (AvgIpc) is 2.89. The molecular weight excluding hydrogens is 248 g/mol. The molecule has 1 amide bonds. The lowest BCUT2D eigenvalue weighted by molar-refractivity contribution is -0.131. The fourth-order valence-electron chi connectivity index (χ4n) is 2.91. The number of aryl methyl sites for hydroxylation is 1. The minimum Gasteiger partial charge on any atom is -0.332 e. The van der Waals surface area contributed by atoms with Crippen LogP contribution in [0.1, 0.15) is 43.0 Å². The quantitative estimate of drug-likeness (QED) is 0.852. The molecule has 0 saturated heterocycles. The number of rotatable bonds is 3. The topological polar surface area (TPSA) is 33.2 Å². The van der Waals surface area contributed by atoms with Gasteiger partial charge in [-0.3, -0.25) is 9.78 Å². The number of fused-ring (bicyclic) bond motifs is 2. The Kier molecular flexibility index (Phi) is 3.43. The molecule has 1 aromatic carbocycles. The monoisotopic (exact) mass is 268 g/mol. The number of hydrogen-bond acceptors (Lipinski definition) is 2. The highest BCUT2D eigenvalue weighted by molar-refractivity contribution is 5.84. The van der Waals surface area contributed by atoms with E-state index in [2.05, 4.69) is 19.9 Å². The Morgan fingerprint density at radius 1 is 1.30 bits per heavy atom. The van der Waals surface area contributed by atoms with Crippen molar-refractivity contribution in [2.45, 2.75) is 46.2 Å². The van der Waals surface area contributed by atoms with Crippen molar-refractivity contribution in [1.82, 2.24) is 9.88 Å². The van der Waals surface area contributed by atoms with Crippen molar-refractivity contribution in [3.63, 3.8) is 0 Å². The first kappa shape index (κ1) is 13.1. The van der Waals surface area contributed by atoms with E-state index < -0.39 is 0 Å². The maximum atomic E-state index is 12.2. The molecule has 0 spiro atoms. The maximum Gasteiger partial charge on any atom is 0.223 e. The number of nitrogens with zero attached hydrogens (tertiary/aromatic N) is 2. The molecule has 0 N–H and O–H groups in total. The molecule has 104 valence electrons. The lowest BCUT2D eigenvalue weighted by Gasteiger charge is -2.14. The SMILES string of the molecule is CCCCC(=O)N1Cc2nc3ccccc3c(C)c2C1. The lowest BCUT2D eigenvalue weighted by Crippen LogP contribution is -2.24. The molecule has 3 rings (SSSR count). The van der Waals surface area contributed by atoms with Crippen LogP contribution in [-0.4, -0.2) is 15.8 Å². The highest BCUT2D eigenvalue weighted by atomic mass is 16.2. The summed E-state index contributed by atoms with van der Waals surface area (Å²) in [6.45, 7) is 5.65. The Balaban J connectivity index is 1.91. The van der Waals surface area contributed by atoms with E-state index in [9.17, 15) is 4.79 Å². The van der Waals surface area contributed by atoms with Gasteiger partial charge in [0.15, 0.2) is 0 Å². The third-order valence-corrected chi connectivity index (χ3v) is 4.15. The van der Waals surface area contributed by atoms with Gasteiger partial charge >= 0.3 is 0 Å². The first-order chi connectivity index (χ1) is 9.70. The Labute approximate surface area is 119 Å². The van der Waals surface area contributed by atoms with Gasteiger partial charge < -0.3 is 4.90 Å². The van der Waals surface area contributed by atoms with Gasteiger partial charge in [0, 0.05) is 18.4 Å². The first-order valence-electron chi connectivity index (χ1n) is 7.35. The summed E-state index contributed by atoms with van der Waals surface area (Å²) in [5.41, 5.74) is 4.63. The molecular formula is C17H20N2O. The van der Waals surface area contributed by atoms with E-state index in [4.69, 9.17) is 4.98 Å². The Morgan fingerprint density at radius 2 is 2.10 bits per heavy atom. The molecule has 0 radical (unpaired) electrons. The third-order valence-electron chi connectivity index (χ3n) is 4.15. The van der Waals surface area contributed by atoms with Crippen LogP contribution in [0.2, 0.25) is 0 Å². The van der Waals surface area contributed by atoms with Crippen molar-refractivity contribution in [2.24, 2.45) is 0 Å². The number of unbranched alkanes of at least 4 members (excludes halogenated alkanes) is 1. The summed E-state index contributed by atoms with van der Waals surface area (Å²) in [6.07, 6.45) is 2.69. The largest absolute Gasteiger partial charge is 0.332 e. The summed E-state index contributed by atoms with van der Waals surface area (Å²) in [5, 5.41) is 1.20. The van der Waals surface area contributed by atoms with Crippen LogP contribution >= 0.6 is 0 Å². The molecule has 0 fully saturated rings. The number of carbonyl (C=O) groups is 1. The smallest absolute Gasteiger partial charge is 0.223 e. The van der Waals surface area contributed by atoms with Gasteiger partial charge in [0.1, 0.15) is 0 Å². The molecule has 0 bridgehead atoms. The normalized spacial score (nSPS) is 13.8. The maximum absolute atomic E-state index is 12.2. The van der Waals surface area contributed by atoms with Gasteiger partial charge in [-0.2, -0.15) is 0 Å². The van der Waals surface area contributed by atoms with Gasteiger partial charge in [-0.1, -0.05) is 31.5 Å². The van der Waals surface area contributed by atoms with Gasteiger partial charge in [0.25, 0.3) is 0 Å². The van der Waals surface area contributed by atoms with E-state index in [-0.39, 0.29) is 5.91 Å². The molecule has 0 aliphatic carbocycles. The van der Waals surface area contributed by atoms with Gasteiger partial charge in [-0.15, -0.1) is 0 Å². The predicted molar refractivity (Wildman–Crippen MR) is 80.3 cm³/mol. The van der Waals surface area contributed by atoms with E-state index in [1.165, 1.54) is 16.5 Å². The molecule has 1 aliphatic rings. The van der Waals surface area contributed by atoms with Crippen LogP contribution in [0.3, 0.4) is 0 Å². The minimum atomic E-state index is 0.258. The van der Waals surface area contributed by atoms with Crippen molar-refractivity contribution in [3.05, 3.63) is 41.1 Å². The van der Waals surface area contributed by atoms with E-state index >= 15 is 0 Å². The molecule has 20 heavy (non-hydrogen) atoms. The first-order valence-corrected chi connectivity index (χ1v) is 7.35. The van der Waals surface area contributed by atoms with Crippen LogP contribution in [0.15, 0.2) is 24.3 Å². The van der Waals surface area contributed by atoms with E-state index in [0.29, 0.717) is 13.0 Å². The predicted octanol–water partition coefficient (Wildman–Crippen LogP) is 3.58. The number of hydrogen-bond donors (Lipinski definition) is 0. The average molecular weight is 268 g/mol. The highest BCUT2D eigenvalue weighted by Crippen LogP contribution is 2.29. The number of amides is 1. The number of benzene rings is 1. The minimum absolute atomic E-state index is 0.258. The standard InChI is InChI=1S/C17H20N2O/c1-3-4-9-17(20)19-10-14-12(2)13-7-5-6-8-15(13)18-16(14)11-19/h5-8H,3-4,9-11H2,1-2H3. The fraction of sp³-hybridized carbons (Fsp3) is 0.412. The Hall–Kier alpha value is -1.90. The van der Waals surface area contributed by atoms with Crippen LogP contribution in [-0.2, 0) is 17.9 Å². The molecule has 2 heterocycles. The molecule has 1 aliphatic heterocycles. The summed E-state index contributed by atoms with van der Waals surface area (Å²) in [5.74, 6) is 0.258. The highest BCUT2D eigenvalue weighted by Gasteiger charge is 2.26. The zero-order chi connectivity index (χ0) is 14.1. The lowest BCUT2D eigenvalue weighted by atomic mass is 10.0. The van der Waals surface area contributed by atoms with Crippen molar-refractivity contribution < 1.29 is 4.79 Å². The van der Waals surface area contributed by atoms with Crippen LogP contribution in [0.5, 0.6) is 0 Å². The zero-order valence-corrected chi connectivity index (χ0v) is 12.1. The summed E-state index contributed by atoms with van der Waals surface area (Å²) >= 11 is 0. The molecule has 0 atom stereocenters. The Bertz CT molecular complexity index is 663. The molecule has 3 nitrogen and oxygen atoms in total. The summed E-state index contributed by atoms with van der Waals surface area (Å²) in [4.78, 5) is 18.9. The number of para-hydroxylation sites is 1. The van der Waals surface area contributed by atoms with Gasteiger partial charge in [0.2, 0.25) is 5.91 Å². The third kappa shape index (κ3) is 2.17. The summed E-state index contributed by atoms with van der Waals surface area (Å²) < 4.78 is 0. The molecule has 1 aromatic heterocycles. The zero-order valence-electron chi connectivity index (χ0n) is 12.1.